The Kier molecular flexibility index (Phi) is 5.73. The van der Waals surface area contributed by atoms with Crippen molar-refractivity contribution in [3.05, 3.63) is 0 Å². The molecule has 1 saturated carbocycles. The number of aliphatic hydroxyl groups excluding tert-OH is 1. The Bertz CT molecular complexity index is 190. The van der Waals surface area contributed by atoms with Gasteiger partial charge in [-0.15, -0.1) is 0 Å². The molecule has 0 spiro atoms. The summed E-state index contributed by atoms with van der Waals surface area (Å²) >= 11 is 0. The first kappa shape index (κ1) is 13.9. The Hall–Kier alpha value is -0.120. The van der Waals surface area contributed by atoms with Crippen molar-refractivity contribution in [2.45, 2.75) is 46.1 Å². The molecule has 16 heavy (non-hydrogen) atoms. The molecule has 1 aliphatic carbocycles. The molecule has 0 aliphatic heterocycles. The maximum Gasteiger partial charge on any atom is 0.0897 e. The molecule has 0 aromatic heterocycles. The summed E-state index contributed by atoms with van der Waals surface area (Å²) in [5, 5.41) is 13.0. The average molecular weight is 229 g/mol. The van der Waals surface area contributed by atoms with E-state index >= 15 is 0 Å². The molecular formula is C13H27NO2. The van der Waals surface area contributed by atoms with Gasteiger partial charge in [-0.05, 0) is 24.2 Å². The van der Waals surface area contributed by atoms with Crippen molar-refractivity contribution in [1.82, 2.24) is 5.32 Å². The van der Waals surface area contributed by atoms with Crippen LogP contribution in [-0.2, 0) is 4.74 Å². The number of hydrogen-bond acceptors (Lipinski definition) is 3. The molecule has 0 amide bonds. The van der Waals surface area contributed by atoms with E-state index in [-0.39, 0.29) is 6.10 Å². The Balaban J connectivity index is 1.95. The van der Waals surface area contributed by atoms with Gasteiger partial charge in [-0.1, -0.05) is 27.2 Å². The van der Waals surface area contributed by atoms with Gasteiger partial charge < -0.3 is 15.2 Å². The van der Waals surface area contributed by atoms with Gasteiger partial charge in [0.25, 0.3) is 0 Å². The minimum atomic E-state index is -0.373. The van der Waals surface area contributed by atoms with Crippen molar-refractivity contribution in [1.29, 1.82) is 0 Å². The van der Waals surface area contributed by atoms with E-state index in [1.165, 1.54) is 19.3 Å². The first-order valence-corrected chi connectivity index (χ1v) is 6.48. The third-order valence-corrected chi connectivity index (χ3v) is 3.25. The monoisotopic (exact) mass is 229 g/mol. The highest BCUT2D eigenvalue weighted by Crippen LogP contribution is 2.39. The van der Waals surface area contributed by atoms with Gasteiger partial charge in [-0.25, -0.2) is 0 Å². The zero-order valence-corrected chi connectivity index (χ0v) is 11.0. The van der Waals surface area contributed by atoms with E-state index in [0.29, 0.717) is 24.5 Å². The fourth-order valence-corrected chi connectivity index (χ4v) is 2.00. The van der Waals surface area contributed by atoms with Crippen LogP contribution in [0.3, 0.4) is 0 Å². The van der Waals surface area contributed by atoms with Gasteiger partial charge in [0.15, 0.2) is 0 Å². The highest BCUT2D eigenvalue weighted by Gasteiger charge is 2.31. The van der Waals surface area contributed by atoms with Gasteiger partial charge in [-0.2, -0.15) is 0 Å². The van der Waals surface area contributed by atoms with Crippen LogP contribution < -0.4 is 5.32 Å². The Morgan fingerprint density at radius 1 is 1.31 bits per heavy atom. The molecule has 3 nitrogen and oxygen atoms in total. The summed E-state index contributed by atoms with van der Waals surface area (Å²) in [6.45, 7) is 9.38. The van der Waals surface area contributed by atoms with Crippen LogP contribution in [0.25, 0.3) is 0 Å². The van der Waals surface area contributed by atoms with Crippen molar-refractivity contribution < 1.29 is 9.84 Å². The zero-order chi connectivity index (χ0) is 12.0. The van der Waals surface area contributed by atoms with Crippen molar-refractivity contribution in [2.24, 2.45) is 11.3 Å². The van der Waals surface area contributed by atoms with E-state index in [1.54, 1.807) is 0 Å². The van der Waals surface area contributed by atoms with Crippen LogP contribution in [-0.4, -0.2) is 37.5 Å². The summed E-state index contributed by atoms with van der Waals surface area (Å²) in [6.07, 6.45) is 3.63. The molecule has 0 aromatic rings. The van der Waals surface area contributed by atoms with Crippen molar-refractivity contribution in [2.75, 3.05) is 26.3 Å². The molecule has 1 rings (SSSR count). The first-order chi connectivity index (χ1) is 7.52. The number of nitrogens with one attached hydrogen (secondary N) is 1. The topological polar surface area (TPSA) is 41.5 Å². The van der Waals surface area contributed by atoms with E-state index in [0.717, 1.165) is 13.2 Å². The Labute approximate surface area is 99.6 Å². The second-order valence-corrected chi connectivity index (χ2v) is 5.88. The highest BCUT2D eigenvalue weighted by molar-refractivity contribution is 4.85. The van der Waals surface area contributed by atoms with Crippen LogP contribution >= 0.6 is 0 Å². The van der Waals surface area contributed by atoms with Crippen LogP contribution in [0.1, 0.15) is 40.0 Å². The van der Waals surface area contributed by atoms with Gasteiger partial charge >= 0.3 is 0 Å². The van der Waals surface area contributed by atoms with Crippen molar-refractivity contribution in [3.63, 3.8) is 0 Å². The van der Waals surface area contributed by atoms with E-state index < -0.39 is 0 Å². The fourth-order valence-electron chi connectivity index (χ4n) is 2.00. The predicted molar refractivity (Wildman–Crippen MR) is 66.5 cm³/mol. The summed E-state index contributed by atoms with van der Waals surface area (Å²) in [5.74, 6) is 0.536. The van der Waals surface area contributed by atoms with Gasteiger partial charge in [-0.3, -0.25) is 0 Å². The minimum absolute atomic E-state index is 0.373. The first-order valence-electron chi connectivity index (χ1n) is 6.48. The van der Waals surface area contributed by atoms with E-state index in [1.807, 2.05) is 0 Å². The normalized spacial score (nSPS) is 20.8. The Morgan fingerprint density at radius 3 is 2.50 bits per heavy atom. The molecule has 0 bridgehead atoms. The largest absolute Gasteiger partial charge is 0.389 e. The van der Waals surface area contributed by atoms with Crippen molar-refractivity contribution >= 4 is 0 Å². The molecule has 1 unspecified atom stereocenters. The van der Waals surface area contributed by atoms with Crippen LogP contribution in [0, 0.1) is 11.3 Å². The molecule has 1 aliphatic rings. The minimum Gasteiger partial charge on any atom is -0.389 e. The van der Waals surface area contributed by atoms with Gasteiger partial charge in [0, 0.05) is 19.7 Å². The van der Waals surface area contributed by atoms with Crippen LogP contribution in [0.2, 0.25) is 0 Å². The summed E-state index contributed by atoms with van der Waals surface area (Å²) in [4.78, 5) is 0. The molecule has 2 N–H and O–H groups in total. The maximum absolute atomic E-state index is 9.66. The lowest BCUT2D eigenvalue weighted by Crippen LogP contribution is -2.41. The lowest BCUT2D eigenvalue weighted by molar-refractivity contribution is 0.0237. The number of hydrogen-bond donors (Lipinski definition) is 2. The number of ether oxygens (including phenoxy) is 1. The smallest absolute Gasteiger partial charge is 0.0897 e. The lowest BCUT2D eigenvalue weighted by atomic mass is 9.70. The van der Waals surface area contributed by atoms with E-state index in [4.69, 9.17) is 4.74 Å². The molecule has 96 valence electrons. The second kappa shape index (κ2) is 6.58. The molecule has 0 aromatic carbocycles. The molecule has 1 atom stereocenters. The van der Waals surface area contributed by atoms with Gasteiger partial charge in [0.05, 0.1) is 12.7 Å². The molecule has 3 heteroatoms. The SMILES string of the molecule is CC(C)COCC(O)CNCC1(C)CCC1. The molecule has 1 fully saturated rings. The molecular weight excluding hydrogens is 202 g/mol. The average Bonchev–Trinajstić information content (AvgIpc) is 2.14. The van der Waals surface area contributed by atoms with Crippen LogP contribution in [0.15, 0.2) is 0 Å². The van der Waals surface area contributed by atoms with Gasteiger partial charge in [0.2, 0.25) is 0 Å². The Morgan fingerprint density at radius 2 is 2.00 bits per heavy atom. The summed E-state index contributed by atoms with van der Waals surface area (Å²) in [6, 6.07) is 0. The third kappa shape index (κ3) is 5.28. The molecule has 0 saturated heterocycles. The predicted octanol–water partition coefficient (Wildman–Crippen LogP) is 1.80. The second-order valence-electron chi connectivity index (χ2n) is 5.88. The van der Waals surface area contributed by atoms with E-state index in [9.17, 15) is 5.11 Å². The number of aliphatic hydroxyl groups is 1. The van der Waals surface area contributed by atoms with E-state index in [2.05, 4.69) is 26.1 Å². The molecule has 0 radical (unpaired) electrons. The van der Waals surface area contributed by atoms with Crippen LogP contribution in [0.5, 0.6) is 0 Å². The third-order valence-electron chi connectivity index (χ3n) is 3.25. The maximum atomic E-state index is 9.66. The van der Waals surface area contributed by atoms with Gasteiger partial charge in [0.1, 0.15) is 0 Å². The lowest BCUT2D eigenvalue weighted by Gasteiger charge is -2.38. The summed E-state index contributed by atoms with van der Waals surface area (Å²) < 4.78 is 5.39. The summed E-state index contributed by atoms with van der Waals surface area (Å²) in [5.41, 5.74) is 0.485. The highest BCUT2D eigenvalue weighted by atomic mass is 16.5. The van der Waals surface area contributed by atoms with Crippen LogP contribution in [0.4, 0.5) is 0 Å². The van der Waals surface area contributed by atoms with Crippen molar-refractivity contribution in [3.8, 4) is 0 Å². The zero-order valence-electron chi connectivity index (χ0n) is 11.0. The number of rotatable bonds is 8. The quantitative estimate of drug-likeness (QED) is 0.667. The standard InChI is InChI=1S/C13H27NO2/c1-11(2)8-16-9-12(15)7-14-10-13(3)5-4-6-13/h11-12,14-15H,4-10H2,1-3H3. The molecule has 0 heterocycles. The summed E-state index contributed by atoms with van der Waals surface area (Å²) in [7, 11) is 0. The fraction of sp³-hybridized carbons (Fsp3) is 1.00.